The number of fused-ring (bicyclic) bond motifs is 1. The third-order valence-electron chi connectivity index (χ3n) is 6.11. The molecule has 1 aliphatic rings. The van der Waals surface area contributed by atoms with E-state index in [1.165, 1.54) is 36.9 Å². The van der Waals surface area contributed by atoms with E-state index in [2.05, 4.69) is 48.2 Å². The third kappa shape index (κ3) is 5.65. The van der Waals surface area contributed by atoms with Crippen LogP contribution in [0.4, 0.5) is 0 Å². The quantitative estimate of drug-likeness (QED) is 0.493. The van der Waals surface area contributed by atoms with Gasteiger partial charge in [0.25, 0.3) is 0 Å². The first kappa shape index (κ1) is 21.4. The van der Waals surface area contributed by atoms with Gasteiger partial charge in [0.2, 0.25) is 0 Å². The SMILES string of the molecule is COc1ccc(-c2ccc(COc3ccc4c(c3)CCC(CCN(C)C)C4)cn2)cc1. The van der Waals surface area contributed by atoms with Gasteiger partial charge in [0.15, 0.2) is 0 Å². The average molecular weight is 417 g/mol. The van der Waals surface area contributed by atoms with E-state index in [0.29, 0.717) is 6.61 Å². The Morgan fingerprint density at radius 2 is 1.77 bits per heavy atom. The van der Waals surface area contributed by atoms with Crippen molar-refractivity contribution in [3.63, 3.8) is 0 Å². The number of hydrogen-bond donors (Lipinski definition) is 0. The summed E-state index contributed by atoms with van der Waals surface area (Å²) < 4.78 is 11.3. The Kier molecular flexibility index (Phi) is 6.88. The first-order chi connectivity index (χ1) is 15.1. The Bertz CT molecular complexity index is 981. The van der Waals surface area contributed by atoms with Gasteiger partial charge in [-0.1, -0.05) is 12.1 Å². The number of methoxy groups -OCH3 is 1. The molecular weight excluding hydrogens is 384 g/mol. The van der Waals surface area contributed by atoms with Crippen molar-refractivity contribution in [2.45, 2.75) is 32.3 Å². The van der Waals surface area contributed by atoms with Crippen LogP contribution in [0.3, 0.4) is 0 Å². The highest BCUT2D eigenvalue weighted by Gasteiger charge is 2.19. The number of aryl methyl sites for hydroxylation is 1. The minimum atomic E-state index is 0.528. The largest absolute Gasteiger partial charge is 0.497 e. The lowest BCUT2D eigenvalue weighted by Crippen LogP contribution is -2.21. The van der Waals surface area contributed by atoms with E-state index in [0.717, 1.165) is 40.7 Å². The lowest BCUT2D eigenvalue weighted by molar-refractivity contribution is 0.304. The molecule has 1 aromatic heterocycles. The predicted octanol–water partition coefficient (Wildman–Crippen LogP) is 5.39. The molecule has 0 bridgehead atoms. The van der Waals surface area contributed by atoms with Crippen LogP contribution in [0.25, 0.3) is 11.3 Å². The van der Waals surface area contributed by atoms with E-state index in [4.69, 9.17) is 9.47 Å². The summed E-state index contributed by atoms with van der Waals surface area (Å²) in [5, 5.41) is 0. The van der Waals surface area contributed by atoms with Gasteiger partial charge in [-0.2, -0.15) is 0 Å². The standard InChI is InChI=1S/C27H32N2O2/c1-29(2)15-14-20-4-6-24-17-26(12-9-23(24)16-20)31-19-21-5-13-27(28-18-21)22-7-10-25(30-3)11-8-22/h5,7-13,17-18,20H,4,6,14-16,19H2,1-3H3. The van der Waals surface area contributed by atoms with Gasteiger partial charge in [-0.15, -0.1) is 0 Å². The second-order valence-electron chi connectivity index (χ2n) is 8.70. The number of benzene rings is 2. The van der Waals surface area contributed by atoms with E-state index in [1.807, 2.05) is 36.5 Å². The molecule has 1 unspecified atom stereocenters. The van der Waals surface area contributed by atoms with Crippen molar-refractivity contribution in [2.24, 2.45) is 5.92 Å². The first-order valence-corrected chi connectivity index (χ1v) is 11.1. The maximum atomic E-state index is 6.08. The molecule has 1 aliphatic carbocycles. The third-order valence-corrected chi connectivity index (χ3v) is 6.11. The van der Waals surface area contributed by atoms with Crippen molar-refractivity contribution in [3.8, 4) is 22.8 Å². The lowest BCUT2D eigenvalue weighted by Gasteiger charge is -2.26. The summed E-state index contributed by atoms with van der Waals surface area (Å²) in [6.45, 7) is 1.70. The minimum Gasteiger partial charge on any atom is -0.497 e. The minimum absolute atomic E-state index is 0.528. The zero-order chi connectivity index (χ0) is 21.6. The molecule has 4 rings (SSSR count). The molecule has 0 amide bonds. The molecule has 162 valence electrons. The van der Waals surface area contributed by atoms with Crippen molar-refractivity contribution >= 4 is 0 Å². The van der Waals surface area contributed by atoms with Gasteiger partial charge in [-0.05, 0) is 106 Å². The molecule has 31 heavy (non-hydrogen) atoms. The van der Waals surface area contributed by atoms with E-state index < -0.39 is 0 Å². The van der Waals surface area contributed by atoms with Crippen molar-refractivity contribution < 1.29 is 9.47 Å². The number of nitrogens with zero attached hydrogens (tertiary/aromatic N) is 2. The van der Waals surface area contributed by atoms with Crippen LogP contribution in [-0.4, -0.2) is 37.6 Å². The highest BCUT2D eigenvalue weighted by molar-refractivity contribution is 5.60. The maximum Gasteiger partial charge on any atom is 0.120 e. The van der Waals surface area contributed by atoms with Crippen LogP contribution < -0.4 is 9.47 Å². The molecule has 3 aromatic rings. The Morgan fingerprint density at radius 1 is 0.968 bits per heavy atom. The molecule has 0 saturated carbocycles. The van der Waals surface area contributed by atoms with Crippen LogP contribution >= 0.6 is 0 Å². The fraction of sp³-hybridized carbons (Fsp3) is 0.370. The van der Waals surface area contributed by atoms with E-state index >= 15 is 0 Å². The van der Waals surface area contributed by atoms with E-state index in [9.17, 15) is 0 Å². The Labute approximate surface area is 185 Å². The molecule has 0 N–H and O–H groups in total. The molecule has 0 radical (unpaired) electrons. The zero-order valence-corrected chi connectivity index (χ0v) is 18.8. The average Bonchev–Trinajstić information content (AvgIpc) is 2.81. The van der Waals surface area contributed by atoms with Gasteiger partial charge in [-0.3, -0.25) is 4.98 Å². The lowest BCUT2D eigenvalue weighted by atomic mass is 9.82. The molecular formula is C27H32N2O2. The molecule has 4 heteroatoms. The summed E-state index contributed by atoms with van der Waals surface area (Å²) in [6, 6.07) is 18.7. The Hall–Kier alpha value is -2.85. The number of ether oxygens (including phenoxy) is 2. The Morgan fingerprint density at radius 3 is 2.48 bits per heavy atom. The van der Waals surface area contributed by atoms with Gasteiger partial charge >= 0.3 is 0 Å². The smallest absolute Gasteiger partial charge is 0.120 e. The summed E-state index contributed by atoms with van der Waals surface area (Å²) in [5.41, 5.74) is 6.04. The number of pyridine rings is 1. The van der Waals surface area contributed by atoms with Gasteiger partial charge in [0, 0.05) is 17.3 Å². The van der Waals surface area contributed by atoms with Crippen molar-refractivity contribution in [1.82, 2.24) is 9.88 Å². The summed E-state index contributed by atoms with van der Waals surface area (Å²) in [4.78, 5) is 6.88. The highest BCUT2D eigenvalue weighted by Crippen LogP contribution is 2.30. The molecule has 0 spiro atoms. The Balaban J connectivity index is 1.33. The number of aromatic nitrogens is 1. The molecule has 1 atom stereocenters. The van der Waals surface area contributed by atoms with Gasteiger partial charge in [0.05, 0.1) is 12.8 Å². The van der Waals surface area contributed by atoms with Crippen LogP contribution in [0.15, 0.2) is 60.8 Å². The fourth-order valence-electron chi connectivity index (χ4n) is 4.19. The first-order valence-electron chi connectivity index (χ1n) is 11.1. The van der Waals surface area contributed by atoms with E-state index in [-0.39, 0.29) is 0 Å². The summed E-state index contributed by atoms with van der Waals surface area (Å²) >= 11 is 0. The normalized spacial score (nSPS) is 15.5. The van der Waals surface area contributed by atoms with Crippen LogP contribution in [0.5, 0.6) is 11.5 Å². The van der Waals surface area contributed by atoms with Crippen LogP contribution in [-0.2, 0) is 19.4 Å². The topological polar surface area (TPSA) is 34.6 Å². The summed E-state index contributed by atoms with van der Waals surface area (Å²) in [5.74, 6) is 2.60. The van der Waals surface area contributed by atoms with E-state index in [1.54, 1.807) is 7.11 Å². The van der Waals surface area contributed by atoms with Crippen LogP contribution in [0.2, 0.25) is 0 Å². The summed E-state index contributed by atoms with van der Waals surface area (Å²) in [6.07, 6.45) is 6.81. The fourth-order valence-corrected chi connectivity index (χ4v) is 4.19. The predicted molar refractivity (Wildman–Crippen MR) is 126 cm³/mol. The van der Waals surface area contributed by atoms with Gasteiger partial charge in [0.1, 0.15) is 18.1 Å². The molecule has 2 aromatic carbocycles. The van der Waals surface area contributed by atoms with Crippen LogP contribution in [0.1, 0.15) is 29.5 Å². The second kappa shape index (κ2) is 9.97. The molecule has 1 heterocycles. The molecule has 0 saturated heterocycles. The van der Waals surface area contributed by atoms with Gasteiger partial charge < -0.3 is 14.4 Å². The molecule has 0 fully saturated rings. The van der Waals surface area contributed by atoms with Crippen molar-refractivity contribution in [1.29, 1.82) is 0 Å². The van der Waals surface area contributed by atoms with Crippen molar-refractivity contribution in [2.75, 3.05) is 27.7 Å². The maximum absolute atomic E-state index is 6.08. The highest BCUT2D eigenvalue weighted by atomic mass is 16.5. The summed E-state index contributed by atoms with van der Waals surface area (Å²) in [7, 11) is 5.98. The van der Waals surface area contributed by atoms with Crippen molar-refractivity contribution in [3.05, 3.63) is 77.5 Å². The van der Waals surface area contributed by atoms with Crippen LogP contribution in [0, 0.1) is 5.92 Å². The molecule has 0 aliphatic heterocycles. The second-order valence-corrected chi connectivity index (χ2v) is 8.70. The van der Waals surface area contributed by atoms with Gasteiger partial charge in [-0.25, -0.2) is 0 Å². The molecule has 4 nitrogen and oxygen atoms in total. The number of rotatable bonds is 8. The number of hydrogen-bond acceptors (Lipinski definition) is 4. The zero-order valence-electron chi connectivity index (χ0n) is 18.8. The monoisotopic (exact) mass is 416 g/mol.